The maximum Gasteiger partial charge on any atom is 0.272 e. The average Bonchev–Trinajstić information content (AvgIpc) is 3.13. The molecule has 28 heavy (non-hydrogen) atoms. The van der Waals surface area contributed by atoms with Gasteiger partial charge in [-0.05, 0) is 28.6 Å². The highest BCUT2D eigenvalue weighted by molar-refractivity contribution is 7.27. The second-order valence-electron chi connectivity index (χ2n) is 6.35. The van der Waals surface area contributed by atoms with Crippen molar-refractivity contribution in [3.63, 3.8) is 0 Å². The largest absolute Gasteiger partial charge is 0.353 e. The molecule has 1 aromatic heterocycles. The maximum atomic E-state index is 12.5. The molecule has 1 aliphatic heterocycles. The third-order valence-electron chi connectivity index (χ3n) is 4.39. The molecule has 3 rings (SSSR count). The quantitative estimate of drug-likeness (QED) is 0.502. The van der Waals surface area contributed by atoms with Crippen LogP contribution in [0.3, 0.4) is 0 Å². The van der Waals surface area contributed by atoms with Crippen LogP contribution >= 0.6 is 20.8 Å². The Morgan fingerprint density at radius 1 is 1.46 bits per heavy atom. The van der Waals surface area contributed by atoms with Gasteiger partial charge >= 0.3 is 0 Å². The Morgan fingerprint density at radius 2 is 2.25 bits per heavy atom. The highest BCUT2D eigenvalue weighted by Crippen LogP contribution is 2.28. The van der Waals surface area contributed by atoms with E-state index in [1.54, 1.807) is 6.08 Å². The summed E-state index contributed by atoms with van der Waals surface area (Å²) < 4.78 is 0. The van der Waals surface area contributed by atoms with Crippen molar-refractivity contribution in [2.75, 3.05) is 26.2 Å². The Labute approximate surface area is 170 Å². The van der Waals surface area contributed by atoms with Gasteiger partial charge in [-0.15, -0.1) is 9.24 Å². The zero-order valence-electron chi connectivity index (χ0n) is 15.2. The third kappa shape index (κ3) is 4.50. The summed E-state index contributed by atoms with van der Waals surface area (Å²) in [6, 6.07) is 5.64. The summed E-state index contributed by atoms with van der Waals surface area (Å²) in [5.74, 6) is 0.0359. The lowest BCUT2D eigenvalue weighted by Gasteiger charge is -2.25. The number of halogens is 1. The van der Waals surface area contributed by atoms with Gasteiger partial charge in [-0.3, -0.25) is 9.59 Å². The minimum atomic E-state index is -0.269. The molecule has 0 bridgehead atoms. The molecule has 0 spiro atoms. The molecule has 0 radical (unpaired) electrons. The second-order valence-corrected chi connectivity index (χ2v) is 7.42. The number of aromatic nitrogens is 2. The summed E-state index contributed by atoms with van der Waals surface area (Å²) in [4.78, 5) is 32.7. The van der Waals surface area contributed by atoms with Crippen LogP contribution in [-0.4, -0.2) is 52.9 Å². The lowest BCUT2D eigenvalue weighted by atomic mass is 9.99. The summed E-state index contributed by atoms with van der Waals surface area (Å²) in [6.07, 6.45) is 3.20. The van der Waals surface area contributed by atoms with Gasteiger partial charge in [-0.25, -0.2) is 4.98 Å². The average molecular weight is 418 g/mol. The van der Waals surface area contributed by atoms with Gasteiger partial charge in [0.2, 0.25) is 5.91 Å². The Hall–Kier alpha value is -2.47. The highest BCUT2D eigenvalue weighted by Gasteiger charge is 2.23. The number of H-pyrrole nitrogens is 1. The predicted molar refractivity (Wildman–Crippen MR) is 114 cm³/mol. The predicted octanol–water partition coefficient (Wildman–Crippen LogP) is 1.19. The minimum absolute atomic E-state index is 0.0398. The number of benzene rings is 1. The Bertz CT molecular complexity index is 969. The number of carbonyl (C=O) groups is 2. The van der Waals surface area contributed by atoms with Gasteiger partial charge in [-0.1, -0.05) is 30.3 Å². The first-order valence-corrected chi connectivity index (χ1v) is 9.61. The fourth-order valence-electron chi connectivity index (χ4n) is 2.88. The van der Waals surface area contributed by atoms with Crippen molar-refractivity contribution >= 4 is 49.6 Å². The lowest BCUT2D eigenvalue weighted by molar-refractivity contribution is -0.123. The number of amides is 2. The van der Waals surface area contributed by atoms with Gasteiger partial charge in [0.1, 0.15) is 11.5 Å². The molecule has 7 nitrogen and oxygen atoms in total. The molecule has 2 amide bonds. The fraction of sp³-hybridized carbons (Fsp3) is 0.211. The summed E-state index contributed by atoms with van der Waals surface area (Å²) in [7, 11) is 2.59. The summed E-state index contributed by atoms with van der Waals surface area (Å²) >= 11 is 6.32. The number of nitrogens with one attached hydrogen (secondary N) is 2. The van der Waals surface area contributed by atoms with Crippen LogP contribution in [0.5, 0.6) is 0 Å². The molecular weight excluding hydrogens is 397 g/mol. The van der Waals surface area contributed by atoms with Crippen molar-refractivity contribution in [3.8, 4) is 0 Å². The van der Waals surface area contributed by atoms with Gasteiger partial charge in [-0.2, -0.15) is 0 Å². The summed E-state index contributed by atoms with van der Waals surface area (Å²) in [5, 5.41) is 4.24. The van der Waals surface area contributed by atoms with Crippen LogP contribution in [0, 0.1) is 0 Å². The molecule has 1 aliphatic rings. The van der Waals surface area contributed by atoms with Crippen molar-refractivity contribution in [1.82, 2.24) is 20.2 Å². The molecular formula is C19H21ClN5O2P. The van der Waals surface area contributed by atoms with Crippen LogP contribution in [0.25, 0.3) is 11.6 Å². The second kappa shape index (κ2) is 8.69. The number of aromatic amines is 1. The van der Waals surface area contributed by atoms with Crippen molar-refractivity contribution < 1.29 is 9.59 Å². The smallest absolute Gasteiger partial charge is 0.272 e. The summed E-state index contributed by atoms with van der Waals surface area (Å²) in [5.41, 5.74) is 8.43. The standard InChI is InChI=1S/C19H21ClN5O2P/c1-11(14-3-2-13(28)7-15(14)20)12(8-21)6-17-23-9-16(24-17)19(27)25-5-4-22-18(26)10-25/h2-3,6-7,9H,1,4-5,8,10,21,28H2,(H,22,26)(H,23,24)/b12-6-. The highest BCUT2D eigenvalue weighted by atomic mass is 35.5. The Kier molecular flexibility index (Phi) is 6.29. The van der Waals surface area contributed by atoms with Gasteiger partial charge in [0, 0.05) is 30.2 Å². The monoisotopic (exact) mass is 417 g/mol. The zero-order chi connectivity index (χ0) is 20.3. The lowest BCUT2D eigenvalue weighted by Crippen LogP contribution is -2.50. The van der Waals surface area contributed by atoms with Crippen molar-refractivity contribution in [3.05, 3.63) is 58.7 Å². The molecule has 2 heterocycles. The first-order chi connectivity index (χ1) is 13.4. The van der Waals surface area contributed by atoms with E-state index in [9.17, 15) is 9.59 Å². The Balaban J connectivity index is 1.81. The van der Waals surface area contributed by atoms with Crippen LogP contribution in [0.1, 0.15) is 21.9 Å². The molecule has 1 atom stereocenters. The van der Waals surface area contributed by atoms with Gasteiger partial charge in [0.05, 0.1) is 12.7 Å². The third-order valence-corrected chi connectivity index (χ3v) is 5.06. The van der Waals surface area contributed by atoms with E-state index in [-0.39, 0.29) is 24.9 Å². The number of nitrogens with zero attached hydrogens (tertiary/aromatic N) is 2. The first-order valence-electron chi connectivity index (χ1n) is 8.65. The minimum Gasteiger partial charge on any atom is -0.353 e. The van der Waals surface area contributed by atoms with Crippen LogP contribution < -0.4 is 16.4 Å². The topological polar surface area (TPSA) is 104 Å². The Morgan fingerprint density at radius 3 is 2.93 bits per heavy atom. The molecule has 146 valence electrons. The van der Waals surface area contributed by atoms with Crippen LogP contribution in [-0.2, 0) is 4.79 Å². The fourth-order valence-corrected chi connectivity index (χ4v) is 3.56. The summed E-state index contributed by atoms with van der Waals surface area (Å²) in [6.45, 7) is 5.28. The SMILES string of the molecule is C=C(/C(=C\c1ncc(C(=O)N2CCNC(=O)C2)[nH]1)CN)c1ccc(P)cc1Cl. The molecule has 1 unspecified atom stereocenters. The molecule has 4 N–H and O–H groups in total. The van der Waals surface area contributed by atoms with E-state index >= 15 is 0 Å². The number of hydrogen-bond donors (Lipinski definition) is 3. The number of rotatable bonds is 5. The molecule has 2 aromatic rings. The van der Waals surface area contributed by atoms with E-state index < -0.39 is 0 Å². The van der Waals surface area contributed by atoms with Gasteiger partial charge in [0.25, 0.3) is 5.91 Å². The number of hydrogen-bond acceptors (Lipinski definition) is 4. The van der Waals surface area contributed by atoms with Crippen LogP contribution in [0.2, 0.25) is 5.02 Å². The normalized spacial score (nSPS) is 14.8. The maximum absolute atomic E-state index is 12.5. The zero-order valence-corrected chi connectivity index (χ0v) is 17.1. The molecule has 1 fully saturated rings. The van der Waals surface area contributed by atoms with E-state index in [0.717, 1.165) is 16.4 Å². The molecule has 1 aromatic carbocycles. The van der Waals surface area contributed by atoms with E-state index in [2.05, 4.69) is 31.1 Å². The van der Waals surface area contributed by atoms with Crippen molar-refractivity contribution in [1.29, 1.82) is 0 Å². The van der Waals surface area contributed by atoms with E-state index in [4.69, 9.17) is 17.3 Å². The van der Waals surface area contributed by atoms with Gasteiger partial charge < -0.3 is 20.9 Å². The van der Waals surface area contributed by atoms with E-state index in [1.807, 2.05) is 18.2 Å². The van der Waals surface area contributed by atoms with Crippen LogP contribution in [0.15, 0.2) is 36.5 Å². The van der Waals surface area contributed by atoms with Crippen LogP contribution in [0.4, 0.5) is 0 Å². The van der Waals surface area contributed by atoms with Crippen molar-refractivity contribution in [2.45, 2.75) is 0 Å². The first kappa shape index (κ1) is 20.3. The molecule has 0 saturated carbocycles. The van der Waals surface area contributed by atoms with Gasteiger partial charge in [0.15, 0.2) is 0 Å². The number of nitrogens with two attached hydrogens (primary N) is 1. The molecule has 0 aliphatic carbocycles. The molecule has 1 saturated heterocycles. The van der Waals surface area contributed by atoms with E-state index in [0.29, 0.717) is 35.2 Å². The number of imidazole rings is 1. The van der Waals surface area contributed by atoms with E-state index in [1.165, 1.54) is 11.1 Å². The van der Waals surface area contributed by atoms with Crippen molar-refractivity contribution in [2.24, 2.45) is 5.73 Å². The molecule has 9 heteroatoms. The number of carbonyl (C=O) groups excluding carboxylic acids is 2. The number of piperazine rings is 1.